The van der Waals surface area contributed by atoms with Crippen molar-refractivity contribution >= 4 is 37.0 Å². The number of nitrogens with zero attached hydrogens (tertiary/aromatic N) is 2. The van der Waals surface area contributed by atoms with Crippen molar-refractivity contribution in [2.45, 2.75) is 40.0 Å². The molecule has 208 valence electrons. The SMILES string of the molecule is CCC(C)c1ccc(-c2ccc([O][Al]([O]c3cccc4ccc(C)nc34)[O]c3cccc4ccc(C)nc34)cc2)cc1. The topological polar surface area (TPSA) is 53.5 Å². The molecule has 1 unspecified atom stereocenters. The van der Waals surface area contributed by atoms with E-state index in [1.807, 2.05) is 86.6 Å². The molecule has 1 atom stereocenters. The highest BCUT2D eigenvalue weighted by Crippen LogP contribution is 2.30. The lowest BCUT2D eigenvalue weighted by Crippen LogP contribution is -2.37. The van der Waals surface area contributed by atoms with Gasteiger partial charge >= 0.3 is 15.1 Å². The largest absolute Gasteiger partial charge is 1.20 e. The van der Waals surface area contributed by atoms with Crippen LogP contribution < -0.4 is 11.4 Å². The Morgan fingerprint density at radius 2 is 1.10 bits per heavy atom. The maximum absolute atomic E-state index is 6.53. The average Bonchev–Trinajstić information content (AvgIpc) is 3.01. The lowest BCUT2D eigenvalue weighted by Gasteiger charge is -2.18. The number of rotatable bonds is 9. The van der Waals surface area contributed by atoms with Crippen LogP contribution in [-0.4, -0.2) is 25.1 Å². The number of aromatic nitrogens is 2. The van der Waals surface area contributed by atoms with Gasteiger partial charge in [-0.15, -0.1) is 0 Å². The summed E-state index contributed by atoms with van der Waals surface area (Å²) in [5, 5.41) is 1.99. The van der Waals surface area contributed by atoms with Crippen LogP contribution in [0.4, 0.5) is 0 Å². The summed E-state index contributed by atoms with van der Waals surface area (Å²) in [4.78, 5) is 9.49. The molecule has 0 amide bonds. The van der Waals surface area contributed by atoms with Crippen LogP contribution in [0.25, 0.3) is 32.9 Å². The molecule has 42 heavy (non-hydrogen) atoms. The van der Waals surface area contributed by atoms with Gasteiger partial charge in [0, 0.05) is 22.2 Å². The Labute approximate surface area is 252 Å². The molecular formula is C36H33AlN2O3. The van der Waals surface area contributed by atoms with Crippen LogP contribution in [0, 0.1) is 13.8 Å². The number of benzene rings is 4. The number of aryl methyl sites for hydroxylation is 2. The maximum Gasteiger partial charge on any atom is 1.20 e. The summed E-state index contributed by atoms with van der Waals surface area (Å²) in [5.74, 6) is 2.50. The van der Waals surface area contributed by atoms with Crippen molar-refractivity contribution in [3.05, 3.63) is 126 Å². The van der Waals surface area contributed by atoms with E-state index in [9.17, 15) is 0 Å². The van der Waals surface area contributed by atoms with Gasteiger partial charge in [-0.1, -0.05) is 86.6 Å². The van der Waals surface area contributed by atoms with Crippen LogP contribution in [0.15, 0.2) is 109 Å². The van der Waals surface area contributed by atoms with Gasteiger partial charge in [0.05, 0.1) is 5.75 Å². The summed E-state index contributed by atoms with van der Waals surface area (Å²) in [6.07, 6.45) is 1.13. The van der Waals surface area contributed by atoms with Gasteiger partial charge in [-0.3, -0.25) is 0 Å². The standard InChI is InChI=1S/C16H18O.2C10H9NO.Al/c1-3-12(2)13-4-6-14(7-5-13)15-8-10-16(17)11-9-15;2*1-7-5-6-8-3-2-4-9(12)10(8)11-7;/h4-12,17H,3H2,1-2H3;2*2-6,12H,1H3;/q;;;+3/p-3. The first-order chi connectivity index (χ1) is 20.5. The lowest BCUT2D eigenvalue weighted by molar-refractivity contribution is 0.310. The van der Waals surface area contributed by atoms with Gasteiger partial charge < -0.3 is 11.4 Å². The minimum atomic E-state index is -2.85. The zero-order chi connectivity index (χ0) is 29.1. The second-order valence-corrected chi connectivity index (χ2v) is 11.9. The minimum absolute atomic E-state index is 0.554. The molecule has 0 radical (unpaired) electrons. The maximum atomic E-state index is 6.53. The van der Waals surface area contributed by atoms with E-state index < -0.39 is 15.1 Å². The first-order valence-corrected chi connectivity index (χ1v) is 15.8. The molecule has 6 heteroatoms. The van der Waals surface area contributed by atoms with Gasteiger partial charge in [0.1, 0.15) is 22.5 Å². The molecule has 4 aromatic carbocycles. The van der Waals surface area contributed by atoms with E-state index >= 15 is 0 Å². The monoisotopic (exact) mass is 568 g/mol. The van der Waals surface area contributed by atoms with Gasteiger partial charge in [0.25, 0.3) is 0 Å². The van der Waals surface area contributed by atoms with Gasteiger partial charge in [-0.25, -0.2) is 9.97 Å². The first kappa shape index (κ1) is 27.8. The highest BCUT2D eigenvalue weighted by atomic mass is 27.3. The summed E-state index contributed by atoms with van der Waals surface area (Å²) >= 11 is -2.85. The van der Waals surface area contributed by atoms with Crippen molar-refractivity contribution in [1.82, 2.24) is 9.97 Å². The molecule has 6 aromatic rings. The van der Waals surface area contributed by atoms with Crippen LogP contribution >= 0.6 is 0 Å². The van der Waals surface area contributed by atoms with Gasteiger partial charge in [0.15, 0.2) is 0 Å². The fourth-order valence-corrected chi connectivity index (χ4v) is 6.30. The van der Waals surface area contributed by atoms with Crippen LogP contribution in [0.2, 0.25) is 0 Å². The number of fused-ring (bicyclic) bond motifs is 2. The third-order valence-electron chi connectivity index (χ3n) is 7.60. The predicted molar refractivity (Wildman–Crippen MR) is 171 cm³/mol. The average molecular weight is 569 g/mol. The van der Waals surface area contributed by atoms with E-state index in [1.165, 1.54) is 11.1 Å². The summed E-state index contributed by atoms with van der Waals surface area (Å²) in [6.45, 7) is 8.43. The second kappa shape index (κ2) is 12.2. The number of pyridine rings is 2. The Balaban J connectivity index is 1.31. The Hall–Kier alpha value is -4.37. The van der Waals surface area contributed by atoms with E-state index in [0.717, 1.165) is 45.2 Å². The normalized spacial score (nSPS) is 11.8. The molecule has 0 aliphatic heterocycles. The molecule has 0 aliphatic carbocycles. The van der Waals surface area contributed by atoms with E-state index in [4.69, 9.17) is 21.3 Å². The molecule has 2 aromatic heterocycles. The summed E-state index contributed by atoms with van der Waals surface area (Å²) in [5.41, 5.74) is 7.06. The van der Waals surface area contributed by atoms with Crippen molar-refractivity contribution in [2.75, 3.05) is 0 Å². The van der Waals surface area contributed by atoms with Crippen molar-refractivity contribution in [3.63, 3.8) is 0 Å². The predicted octanol–water partition coefficient (Wildman–Crippen LogP) is 9.10. The molecule has 0 N–H and O–H groups in total. The third kappa shape index (κ3) is 6.11. The number of para-hydroxylation sites is 2. The van der Waals surface area contributed by atoms with Gasteiger partial charge in [0.2, 0.25) is 0 Å². The first-order valence-electron chi connectivity index (χ1n) is 14.4. The van der Waals surface area contributed by atoms with Crippen LogP contribution in [0.3, 0.4) is 0 Å². The van der Waals surface area contributed by atoms with Crippen molar-refractivity contribution in [2.24, 2.45) is 0 Å². The van der Waals surface area contributed by atoms with E-state index in [1.54, 1.807) is 0 Å². The number of hydrogen-bond donors (Lipinski definition) is 0. The molecule has 0 saturated heterocycles. The Bertz CT molecular complexity index is 1750. The molecule has 0 spiro atoms. The van der Waals surface area contributed by atoms with Gasteiger partial charge in [-0.05, 0) is 79.3 Å². The fourth-order valence-electron chi connectivity index (χ4n) is 4.98. The molecule has 6 rings (SSSR count). The molecule has 2 heterocycles. The molecule has 0 saturated carbocycles. The van der Waals surface area contributed by atoms with Crippen LogP contribution in [-0.2, 0) is 0 Å². The summed E-state index contributed by atoms with van der Waals surface area (Å²) in [7, 11) is 0. The minimum Gasteiger partial charge on any atom is -0.577 e. The molecule has 0 aliphatic rings. The Morgan fingerprint density at radius 3 is 1.60 bits per heavy atom. The van der Waals surface area contributed by atoms with Crippen LogP contribution in [0.5, 0.6) is 17.2 Å². The molecule has 0 fully saturated rings. The van der Waals surface area contributed by atoms with E-state index in [2.05, 4.69) is 50.2 Å². The quantitative estimate of drug-likeness (QED) is 0.163. The number of hydrogen-bond acceptors (Lipinski definition) is 5. The highest BCUT2D eigenvalue weighted by molar-refractivity contribution is 6.40. The van der Waals surface area contributed by atoms with Crippen molar-refractivity contribution < 1.29 is 11.4 Å². The second-order valence-electron chi connectivity index (χ2n) is 10.7. The fraction of sp³-hybridized carbons (Fsp3) is 0.167. The summed E-state index contributed by atoms with van der Waals surface area (Å²) < 4.78 is 19.5. The van der Waals surface area contributed by atoms with E-state index in [-0.39, 0.29) is 0 Å². The smallest absolute Gasteiger partial charge is 0.577 e. The Morgan fingerprint density at radius 1 is 0.595 bits per heavy atom. The lowest BCUT2D eigenvalue weighted by atomic mass is 9.96. The van der Waals surface area contributed by atoms with E-state index in [0.29, 0.717) is 23.2 Å². The van der Waals surface area contributed by atoms with Crippen LogP contribution in [0.1, 0.15) is 43.1 Å². The zero-order valence-corrected chi connectivity index (χ0v) is 25.5. The molecular weight excluding hydrogens is 535 g/mol. The highest BCUT2D eigenvalue weighted by Gasteiger charge is 2.45. The van der Waals surface area contributed by atoms with Crippen molar-refractivity contribution in [3.8, 4) is 28.4 Å². The molecule has 0 bridgehead atoms. The molecule has 5 nitrogen and oxygen atoms in total. The third-order valence-corrected chi connectivity index (χ3v) is 8.96. The zero-order valence-electron chi connectivity index (χ0n) is 24.4. The van der Waals surface area contributed by atoms with Gasteiger partial charge in [-0.2, -0.15) is 0 Å². The Kier molecular flexibility index (Phi) is 8.10. The van der Waals surface area contributed by atoms with Crippen molar-refractivity contribution in [1.29, 1.82) is 0 Å². The summed E-state index contributed by atoms with van der Waals surface area (Å²) in [6, 6.07) is 36.8.